The van der Waals surface area contributed by atoms with Gasteiger partial charge in [-0.15, -0.1) is 0 Å². The minimum Gasteiger partial charge on any atom is -0.748 e. The van der Waals surface area contributed by atoms with Gasteiger partial charge in [-0.1, -0.05) is 115 Å². The number of fused-ring (bicyclic) bond motifs is 40. The van der Waals surface area contributed by atoms with Crippen LogP contribution in [-0.4, -0.2) is 135 Å². The zero-order valence-corrected chi connectivity index (χ0v) is 58.1. The molecule has 18 fully saturated rings. The number of nitrogens with zero attached hydrogens (tertiary/aromatic N) is 1. The van der Waals surface area contributed by atoms with Crippen molar-refractivity contribution in [2.75, 3.05) is 0 Å². The van der Waals surface area contributed by atoms with Crippen molar-refractivity contribution in [3.63, 3.8) is 0 Å². The van der Waals surface area contributed by atoms with Gasteiger partial charge in [0.2, 0.25) is 0 Å². The van der Waals surface area contributed by atoms with E-state index >= 15 is 0 Å². The molecule has 0 aromatic carbocycles. The van der Waals surface area contributed by atoms with E-state index in [-0.39, 0.29) is 162 Å². The molecule has 22 nitrogen and oxygen atoms in total. The quantitative estimate of drug-likeness (QED) is 0.128. The molecule has 0 aromatic rings. The average Bonchev–Trinajstić information content (AvgIpc) is 1.61. The van der Waals surface area contributed by atoms with Gasteiger partial charge in [0.25, 0.3) is 0 Å². The smallest absolute Gasteiger partial charge is 0.748 e. The van der Waals surface area contributed by atoms with Crippen LogP contribution in [0.5, 0.6) is 0 Å². The second-order valence-corrected chi connectivity index (χ2v) is 35.5. The van der Waals surface area contributed by atoms with Crippen LogP contribution in [0.4, 0.5) is 0 Å². The fraction of sp³-hybridized carbons (Fsp3) is 1.00. The van der Waals surface area contributed by atoms with Gasteiger partial charge < -0.3 is 25.1 Å². The summed E-state index contributed by atoms with van der Waals surface area (Å²) in [5, 5.41) is 64.3. The number of rotatable bonds is 2. The topological polar surface area (TPSA) is 309 Å². The summed E-state index contributed by atoms with van der Waals surface area (Å²) in [6.07, 6.45) is 36.4. The molecule has 10 heterocycles. The van der Waals surface area contributed by atoms with Crippen molar-refractivity contribution in [2.45, 2.75) is 302 Å². The molecule has 0 amide bonds. The predicted octanol–water partition coefficient (Wildman–Crippen LogP) is 0.0442. The largest absolute Gasteiger partial charge is 2.00 e. The van der Waals surface area contributed by atoms with E-state index in [1.807, 2.05) is 0 Å². The van der Waals surface area contributed by atoms with Crippen molar-refractivity contribution in [3.8, 4) is 0 Å². The molecule has 8 saturated carbocycles. The van der Waals surface area contributed by atoms with Crippen LogP contribution in [0.2, 0.25) is 0 Å². The SMILES string of the molecule is O=S(=O)([O-])C1CCCC2C3NC4NC(NC5NC(NC6NC(NC(N3)C21)C1CCCCC61)C1CCCCC51)C1CCCCC41.O=S(=O)([O-])C1CCCC2C3NC4NC(NC5[N-]C(NC6NC(NC(N3)C21)C1CCCCC61)C1CCCCC51)C1CCCCC41.[Co+2].[Na+]. The Morgan fingerprint density at radius 2 is 0.411 bits per heavy atom. The summed E-state index contributed by atoms with van der Waals surface area (Å²) < 4.78 is 76.2. The van der Waals surface area contributed by atoms with Crippen LogP contribution in [-0.2, 0) is 37.0 Å². The molecule has 18 rings (SSSR count). The molecule has 16 bridgehead atoms. The molecule has 34 unspecified atom stereocenters. The number of nitrogens with one attached hydrogen (secondary N) is 15. The Morgan fingerprint density at radius 1 is 0.233 bits per heavy atom. The van der Waals surface area contributed by atoms with E-state index in [2.05, 4.69) is 79.8 Å². The van der Waals surface area contributed by atoms with Crippen LogP contribution >= 0.6 is 0 Å². The summed E-state index contributed by atoms with van der Waals surface area (Å²) in [6, 6.07) is 0. The first-order valence-electron chi connectivity index (χ1n) is 36.8. The van der Waals surface area contributed by atoms with Crippen molar-refractivity contribution in [3.05, 3.63) is 5.32 Å². The van der Waals surface area contributed by atoms with Crippen LogP contribution in [0.15, 0.2) is 0 Å². The Hall–Kier alpha value is 0.686. The van der Waals surface area contributed by atoms with Crippen molar-refractivity contribution in [1.29, 1.82) is 0 Å². The minimum atomic E-state index is -4.41. The monoisotopic (exact) mass is 1340 g/mol. The van der Waals surface area contributed by atoms with Crippen molar-refractivity contribution in [1.82, 2.24) is 79.8 Å². The van der Waals surface area contributed by atoms with Gasteiger partial charge in [-0.3, -0.25) is 69.1 Å². The standard InChI is InChI=1S/C32H56N8O3S.C32H55N8O3S.Co.Na/c2*41-44(42,43)23-15-7-14-22-24(23)32-39-30-21-13-6-5-12-20(21)28(37-30)35-26-17-9-2-1-8-16(17)25(33-26)34-27-18-10-3-4-11-19(18)29(36-27)38-31(22)40-32;;/h16-40H,1-15H2,(H,41,42,43);16-32,34-40H,1-15H2,(H,41,42,43);;/q;-1;+2;+1/p-2. The fourth-order valence-corrected chi connectivity index (χ4v) is 27.0. The Bertz CT molecular complexity index is 2550. The first-order chi connectivity index (χ1) is 42.8. The Kier molecular flexibility index (Phi) is 20.2. The first kappa shape index (κ1) is 66.6. The van der Waals surface area contributed by atoms with Gasteiger partial charge in [-0.05, 0) is 173 Å². The van der Waals surface area contributed by atoms with Gasteiger partial charge in [-0.25, -0.2) is 16.8 Å². The molecule has 15 N–H and O–H groups in total. The molecule has 10 saturated heterocycles. The van der Waals surface area contributed by atoms with Gasteiger partial charge >= 0.3 is 46.3 Å². The van der Waals surface area contributed by atoms with Crippen LogP contribution in [0, 0.1) is 94.7 Å². The molecule has 0 aromatic heterocycles. The third kappa shape index (κ3) is 12.4. The Labute approximate surface area is 569 Å². The normalized spacial score (nSPS) is 54.3. The van der Waals surface area contributed by atoms with Crippen LogP contribution < -0.4 is 109 Å². The molecule has 10 aliphatic heterocycles. The van der Waals surface area contributed by atoms with Crippen molar-refractivity contribution >= 4 is 20.2 Å². The van der Waals surface area contributed by atoms with Gasteiger partial charge in [0.1, 0.15) is 0 Å². The van der Waals surface area contributed by atoms with Gasteiger partial charge in [0.05, 0.1) is 117 Å². The van der Waals surface area contributed by atoms with Gasteiger partial charge in [0.15, 0.2) is 0 Å². The van der Waals surface area contributed by atoms with E-state index in [1.54, 1.807) is 0 Å². The third-order valence-corrected chi connectivity index (χ3v) is 30.9. The Balaban J connectivity index is 0.000000147. The maximum Gasteiger partial charge on any atom is 2.00 e. The van der Waals surface area contributed by atoms with Crippen LogP contribution in [0.1, 0.15) is 193 Å². The van der Waals surface area contributed by atoms with E-state index < -0.39 is 30.7 Å². The molecule has 90 heavy (non-hydrogen) atoms. The maximum absolute atomic E-state index is 12.7. The fourth-order valence-electron chi connectivity index (χ4n) is 24.6. The van der Waals surface area contributed by atoms with Gasteiger partial charge in [0, 0.05) is 11.8 Å². The molecular formula is C64H109CoN16NaO6S2. The summed E-state index contributed by atoms with van der Waals surface area (Å²) in [4.78, 5) is 0. The first-order valence-corrected chi connectivity index (χ1v) is 39.8. The third-order valence-electron chi connectivity index (χ3n) is 28.3. The zero-order valence-electron chi connectivity index (χ0n) is 53.4. The molecule has 8 aliphatic carbocycles. The Morgan fingerprint density at radius 3 is 0.633 bits per heavy atom. The summed E-state index contributed by atoms with van der Waals surface area (Å²) in [7, 11) is -8.81. The second kappa shape index (κ2) is 27.3. The zero-order chi connectivity index (χ0) is 59.2. The molecule has 34 atom stereocenters. The average molecular weight is 1340 g/mol. The summed E-state index contributed by atoms with van der Waals surface area (Å²) in [5.41, 5.74) is 0. The minimum absolute atomic E-state index is 0. The van der Waals surface area contributed by atoms with E-state index in [0.29, 0.717) is 90.0 Å². The van der Waals surface area contributed by atoms with Crippen LogP contribution in [0.25, 0.3) is 5.32 Å². The number of hydrogen-bond donors (Lipinski definition) is 15. The van der Waals surface area contributed by atoms with Crippen molar-refractivity contribution in [2.24, 2.45) is 94.7 Å². The van der Waals surface area contributed by atoms with Crippen molar-refractivity contribution < 1.29 is 72.3 Å². The van der Waals surface area contributed by atoms with Crippen LogP contribution in [0.3, 0.4) is 0 Å². The number of hydrogen-bond acceptors (Lipinski definition) is 21. The molecular weight excluding hydrogens is 1230 g/mol. The molecule has 0 spiro atoms. The predicted molar refractivity (Wildman–Crippen MR) is 332 cm³/mol. The van der Waals surface area contributed by atoms with E-state index in [0.717, 1.165) is 25.7 Å². The van der Waals surface area contributed by atoms with E-state index in [4.69, 9.17) is 5.32 Å². The summed E-state index contributed by atoms with van der Waals surface area (Å²) >= 11 is 0. The summed E-state index contributed by atoms with van der Waals surface area (Å²) in [6.45, 7) is 0. The molecule has 503 valence electrons. The molecule has 26 heteroatoms. The maximum atomic E-state index is 12.7. The molecule has 1 radical (unpaired) electrons. The van der Waals surface area contributed by atoms with E-state index in [1.165, 1.54) is 154 Å². The second-order valence-electron chi connectivity index (χ2n) is 32.3. The summed E-state index contributed by atoms with van der Waals surface area (Å²) in [5.74, 6) is 6.48. The van der Waals surface area contributed by atoms with Gasteiger partial charge in [-0.2, -0.15) is 0 Å². The van der Waals surface area contributed by atoms with E-state index in [9.17, 15) is 25.9 Å². The molecule has 18 aliphatic rings.